The number of hydrogen-bond donors (Lipinski definition) is 0. The van der Waals surface area contributed by atoms with E-state index < -0.39 is 0 Å². The Balaban J connectivity index is 1.29. The summed E-state index contributed by atoms with van der Waals surface area (Å²) in [5.41, 5.74) is 4.28. The summed E-state index contributed by atoms with van der Waals surface area (Å²) in [6.07, 6.45) is 34.6. The highest BCUT2D eigenvalue weighted by Gasteiger charge is 2.04. The molecule has 0 nitrogen and oxygen atoms in total. The van der Waals surface area contributed by atoms with E-state index in [4.69, 9.17) is 0 Å². The second-order valence-corrected chi connectivity index (χ2v) is 11.6. The second kappa shape index (κ2) is 23.5. The zero-order valence-electron chi connectivity index (χ0n) is 24.7. The molecule has 0 bridgehead atoms. The molecule has 2 aromatic carbocycles. The Morgan fingerprint density at radius 2 is 0.703 bits per heavy atom. The summed E-state index contributed by atoms with van der Waals surface area (Å²) in [4.78, 5) is 0. The molecule has 0 heterocycles. The topological polar surface area (TPSA) is 0 Å². The molecule has 0 aromatic heterocycles. The highest BCUT2D eigenvalue weighted by atomic mass is 14.1. The van der Waals surface area contributed by atoms with E-state index >= 15 is 0 Å². The van der Waals surface area contributed by atoms with Crippen molar-refractivity contribution in [3.05, 3.63) is 60.2 Å². The van der Waals surface area contributed by atoms with Crippen molar-refractivity contribution in [2.24, 2.45) is 0 Å². The van der Waals surface area contributed by atoms with E-state index in [-0.39, 0.29) is 0 Å². The van der Waals surface area contributed by atoms with Crippen LogP contribution >= 0.6 is 0 Å². The van der Waals surface area contributed by atoms with Crippen molar-refractivity contribution in [1.29, 1.82) is 0 Å². The standard InChI is InChI=1S/C37H60/c1-2-3-4-5-6-7-8-9-10-11-12-13-14-15-16-17-18-19-20-21-22-23-25-30-36-33-28-29-34-37(36)35-31-26-24-27-32-35/h24,26-29,31-34H,2-23,25,30H2,1H3. The second-order valence-electron chi connectivity index (χ2n) is 11.6. The summed E-state index contributed by atoms with van der Waals surface area (Å²) in [7, 11) is 0. The molecule has 0 N–H and O–H groups in total. The van der Waals surface area contributed by atoms with Crippen molar-refractivity contribution < 1.29 is 0 Å². The van der Waals surface area contributed by atoms with E-state index in [9.17, 15) is 0 Å². The smallest absolute Gasteiger partial charge is 0.0152 e. The summed E-state index contributed by atoms with van der Waals surface area (Å²) in [6, 6.07) is 19.8. The zero-order chi connectivity index (χ0) is 26.1. The molecule has 0 saturated heterocycles. The van der Waals surface area contributed by atoms with E-state index in [0.29, 0.717) is 0 Å². The van der Waals surface area contributed by atoms with Crippen LogP contribution in [0.1, 0.15) is 160 Å². The number of hydrogen-bond acceptors (Lipinski definition) is 0. The van der Waals surface area contributed by atoms with Crippen LogP contribution in [0.3, 0.4) is 0 Å². The van der Waals surface area contributed by atoms with E-state index in [1.54, 1.807) is 0 Å². The van der Waals surface area contributed by atoms with Crippen molar-refractivity contribution in [2.75, 3.05) is 0 Å². The lowest BCUT2D eigenvalue weighted by Gasteiger charge is -2.10. The monoisotopic (exact) mass is 504 g/mol. The molecule has 37 heavy (non-hydrogen) atoms. The van der Waals surface area contributed by atoms with Crippen LogP contribution in [0.2, 0.25) is 0 Å². The van der Waals surface area contributed by atoms with E-state index in [0.717, 1.165) is 0 Å². The van der Waals surface area contributed by atoms with Crippen LogP contribution in [-0.4, -0.2) is 0 Å². The average Bonchev–Trinajstić information content (AvgIpc) is 2.94. The molecule has 0 spiro atoms. The summed E-state index contributed by atoms with van der Waals surface area (Å²) in [5.74, 6) is 0. The van der Waals surface area contributed by atoms with Gasteiger partial charge in [0.15, 0.2) is 0 Å². The Labute approximate surface area is 232 Å². The van der Waals surface area contributed by atoms with Crippen LogP contribution in [0, 0.1) is 0 Å². The minimum Gasteiger partial charge on any atom is -0.0654 e. The van der Waals surface area contributed by atoms with Crippen LogP contribution in [0.5, 0.6) is 0 Å². The van der Waals surface area contributed by atoms with Crippen molar-refractivity contribution in [2.45, 2.75) is 161 Å². The SMILES string of the molecule is CCCCCCCCCCCCCCCCCCCCCCCCCc1ccccc1-c1ccccc1. The van der Waals surface area contributed by atoms with Gasteiger partial charge in [-0.05, 0) is 29.5 Å². The van der Waals surface area contributed by atoms with Gasteiger partial charge in [-0.25, -0.2) is 0 Å². The molecule has 0 aliphatic carbocycles. The molecule has 0 radical (unpaired) electrons. The Hall–Kier alpha value is -1.56. The van der Waals surface area contributed by atoms with Gasteiger partial charge in [0.1, 0.15) is 0 Å². The molecular formula is C37H60. The summed E-state index contributed by atoms with van der Waals surface area (Å²) < 4.78 is 0. The number of rotatable bonds is 25. The third-order valence-corrected chi connectivity index (χ3v) is 8.15. The molecule has 0 unspecified atom stereocenters. The van der Waals surface area contributed by atoms with Crippen molar-refractivity contribution in [1.82, 2.24) is 0 Å². The molecule has 208 valence electrons. The maximum atomic E-state index is 2.32. The third kappa shape index (κ3) is 16.8. The van der Waals surface area contributed by atoms with E-state index in [1.807, 2.05) is 0 Å². The van der Waals surface area contributed by atoms with Gasteiger partial charge in [-0.2, -0.15) is 0 Å². The van der Waals surface area contributed by atoms with Gasteiger partial charge >= 0.3 is 0 Å². The minimum absolute atomic E-state index is 1.21. The molecule has 0 saturated carbocycles. The van der Waals surface area contributed by atoms with Crippen LogP contribution in [-0.2, 0) is 6.42 Å². The fourth-order valence-corrected chi connectivity index (χ4v) is 5.74. The highest BCUT2D eigenvalue weighted by molar-refractivity contribution is 5.67. The van der Waals surface area contributed by atoms with Crippen LogP contribution in [0.15, 0.2) is 54.6 Å². The number of benzene rings is 2. The van der Waals surface area contributed by atoms with Crippen molar-refractivity contribution >= 4 is 0 Å². The fourth-order valence-electron chi connectivity index (χ4n) is 5.74. The van der Waals surface area contributed by atoms with Gasteiger partial charge in [-0.15, -0.1) is 0 Å². The molecule has 0 amide bonds. The first-order chi connectivity index (χ1) is 18.4. The molecule has 0 aliphatic heterocycles. The van der Waals surface area contributed by atoms with E-state index in [1.165, 1.54) is 171 Å². The first-order valence-corrected chi connectivity index (χ1v) is 16.5. The number of unbranched alkanes of at least 4 members (excludes halogenated alkanes) is 22. The van der Waals surface area contributed by atoms with Gasteiger partial charge in [0, 0.05) is 0 Å². The first-order valence-electron chi connectivity index (χ1n) is 16.5. The van der Waals surface area contributed by atoms with Crippen LogP contribution in [0.4, 0.5) is 0 Å². The van der Waals surface area contributed by atoms with Crippen LogP contribution in [0.25, 0.3) is 11.1 Å². The van der Waals surface area contributed by atoms with Gasteiger partial charge in [0.2, 0.25) is 0 Å². The highest BCUT2D eigenvalue weighted by Crippen LogP contribution is 2.25. The molecule has 0 fully saturated rings. The van der Waals surface area contributed by atoms with Gasteiger partial charge in [-0.3, -0.25) is 0 Å². The van der Waals surface area contributed by atoms with Gasteiger partial charge in [-0.1, -0.05) is 203 Å². The van der Waals surface area contributed by atoms with Gasteiger partial charge in [0.05, 0.1) is 0 Å². The lowest BCUT2D eigenvalue weighted by molar-refractivity contribution is 0.518. The summed E-state index contributed by atoms with van der Waals surface area (Å²) in [5, 5.41) is 0. The predicted molar refractivity (Wildman–Crippen MR) is 167 cm³/mol. The fraction of sp³-hybridized carbons (Fsp3) is 0.676. The Kier molecular flexibility index (Phi) is 20.1. The summed E-state index contributed by atoms with van der Waals surface area (Å²) in [6.45, 7) is 2.30. The third-order valence-electron chi connectivity index (χ3n) is 8.15. The maximum Gasteiger partial charge on any atom is -0.0152 e. The minimum atomic E-state index is 1.21. The molecule has 0 heteroatoms. The number of aryl methyl sites for hydroxylation is 1. The normalized spacial score (nSPS) is 11.3. The van der Waals surface area contributed by atoms with E-state index in [2.05, 4.69) is 61.5 Å². The van der Waals surface area contributed by atoms with Crippen LogP contribution < -0.4 is 0 Å². The molecular weight excluding hydrogens is 444 g/mol. The van der Waals surface area contributed by atoms with Crippen molar-refractivity contribution in [3.63, 3.8) is 0 Å². The summed E-state index contributed by atoms with van der Waals surface area (Å²) >= 11 is 0. The zero-order valence-corrected chi connectivity index (χ0v) is 24.7. The molecule has 2 aromatic rings. The molecule has 0 atom stereocenters. The Morgan fingerprint density at radius 1 is 0.351 bits per heavy atom. The average molecular weight is 505 g/mol. The quantitative estimate of drug-likeness (QED) is 0.118. The largest absolute Gasteiger partial charge is 0.0654 e. The maximum absolute atomic E-state index is 2.32. The Morgan fingerprint density at radius 3 is 1.14 bits per heavy atom. The molecule has 2 rings (SSSR count). The van der Waals surface area contributed by atoms with Gasteiger partial charge in [0.25, 0.3) is 0 Å². The first kappa shape index (κ1) is 31.7. The Bertz CT molecular complexity index is 731. The van der Waals surface area contributed by atoms with Gasteiger partial charge < -0.3 is 0 Å². The lowest BCUT2D eigenvalue weighted by Crippen LogP contribution is -1.91. The lowest BCUT2D eigenvalue weighted by atomic mass is 9.95. The van der Waals surface area contributed by atoms with Crippen molar-refractivity contribution in [3.8, 4) is 11.1 Å². The molecule has 0 aliphatic rings. The predicted octanol–water partition coefficient (Wildman–Crippen LogP) is 12.9.